The van der Waals surface area contributed by atoms with Gasteiger partial charge in [0.05, 0.1) is 0 Å². The second-order valence-electron chi connectivity index (χ2n) is 5.58. The van der Waals surface area contributed by atoms with E-state index in [9.17, 15) is 9.59 Å². The van der Waals surface area contributed by atoms with Crippen molar-refractivity contribution in [3.05, 3.63) is 71.3 Å². The van der Waals surface area contributed by atoms with Gasteiger partial charge in [-0.15, -0.1) is 0 Å². The number of likely N-dealkylation sites (tertiary alicyclic amines) is 1. The third-order valence-corrected chi connectivity index (χ3v) is 4.11. The molecule has 1 aliphatic heterocycles. The zero-order valence-corrected chi connectivity index (χ0v) is 12.2. The minimum Gasteiger partial charge on any atom is -0.366 e. The van der Waals surface area contributed by atoms with Crippen LogP contribution in [0.25, 0.3) is 0 Å². The summed E-state index contributed by atoms with van der Waals surface area (Å²) in [6, 6.07) is 17.0. The molecular formula is C18H18N2O2. The zero-order chi connectivity index (χ0) is 15.5. The lowest BCUT2D eigenvalue weighted by atomic mass is 9.94. The topological polar surface area (TPSA) is 63.4 Å². The summed E-state index contributed by atoms with van der Waals surface area (Å²) < 4.78 is 0. The second-order valence-corrected chi connectivity index (χ2v) is 5.58. The Hall–Kier alpha value is -2.62. The highest BCUT2D eigenvalue weighted by Crippen LogP contribution is 2.24. The van der Waals surface area contributed by atoms with Gasteiger partial charge in [0.2, 0.25) is 5.91 Å². The number of rotatable bonds is 4. The van der Waals surface area contributed by atoms with E-state index in [1.807, 2.05) is 23.1 Å². The molecule has 4 heteroatoms. The SMILES string of the molecule is NC(=O)c1cccc(C(=O)N2CCC2Cc2ccccc2)c1. The van der Waals surface area contributed by atoms with Gasteiger partial charge in [-0.2, -0.15) is 0 Å². The Morgan fingerprint density at radius 1 is 1.05 bits per heavy atom. The lowest BCUT2D eigenvalue weighted by Gasteiger charge is -2.41. The smallest absolute Gasteiger partial charge is 0.254 e. The van der Waals surface area contributed by atoms with Gasteiger partial charge in [0, 0.05) is 23.7 Å². The Bertz CT molecular complexity index is 697. The number of primary amides is 1. The molecule has 2 N–H and O–H groups in total. The maximum atomic E-state index is 12.6. The van der Waals surface area contributed by atoms with Gasteiger partial charge in [-0.05, 0) is 36.6 Å². The number of benzene rings is 2. The van der Waals surface area contributed by atoms with Crippen molar-refractivity contribution in [3.8, 4) is 0 Å². The first-order valence-electron chi connectivity index (χ1n) is 7.40. The summed E-state index contributed by atoms with van der Waals surface area (Å²) >= 11 is 0. The third-order valence-electron chi connectivity index (χ3n) is 4.11. The maximum absolute atomic E-state index is 12.6. The molecule has 1 heterocycles. The molecule has 0 bridgehead atoms. The molecule has 1 saturated heterocycles. The molecule has 0 saturated carbocycles. The van der Waals surface area contributed by atoms with Gasteiger partial charge in [0.1, 0.15) is 0 Å². The first kappa shape index (κ1) is 14.3. The second kappa shape index (κ2) is 6.02. The van der Waals surface area contributed by atoms with E-state index in [1.54, 1.807) is 24.3 Å². The number of nitrogens with two attached hydrogens (primary N) is 1. The van der Waals surface area contributed by atoms with E-state index >= 15 is 0 Å². The van der Waals surface area contributed by atoms with Crippen molar-refractivity contribution in [2.24, 2.45) is 5.73 Å². The summed E-state index contributed by atoms with van der Waals surface area (Å²) in [6.45, 7) is 0.761. The van der Waals surface area contributed by atoms with Crippen molar-refractivity contribution < 1.29 is 9.59 Å². The van der Waals surface area contributed by atoms with Crippen LogP contribution < -0.4 is 5.73 Å². The molecule has 2 aromatic carbocycles. The summed E-state index contributed by atoms with van der Waals surface area (Å²) in [5.74, 6) is -0.547. The van der Waals surface area contributed by atoms with Crippen molar-refractivity contribution in [1.29, 1.82) is 0 Å². The van der Waals surface area contributed by atoms with Crippen molar-refractivity contribution in [1.82, 2.24) is 4.90 Å². The van der Waals surface area contributed by atoms with Crippen LogP contribution in [0.2, 0.25) is 0 Å². The van der Waals surface area contributed by atoms with Crippen LogP contribution in [-0.2, 0) is 6.42 Å². The van der Waals surface area contributed by atoms with E-state index in [-0.39, 0.29) is 11.9 Å². The Kier molecular flexibility index (Phi) is 3.92. The van der Waals surface area contributed by atoms with E-state index in [0.717, 1.165) is 19.4 Å². The molecule has 0 spiro atoms. The highest BCUT2D eigenvalue weighted by molar-refractivity contribution is 5.99. The summed E-state index contributed by atoms with van der Waals surface area (Å²) in [5.41, 5.74) is 7.39. The molecule has 0 aliphatic carbocycles. The predicted octanol–water partition coefficient (Wildman–Crippen LogP) is 2.24. The van der Waals surface area contributed by atoms with E-state index in [0.29, 0.717) is 11.1 Å². The summed E-state index contributed by atoms with van der Waals surface area (Å²) in [7, 11) is 0. The molecular weight excluding hydrogens is 276 g/mol. The van der Waals surface area contributed by atoms with Gasteiger partial charge in [0.25, 0.3) is 5.91 Å². The molecule has 2 amide bonds. The van der Waals surface area contributed by atoms with Crippen molar-refractivity contribution >= 4 is 11.8 Å². The number of nitrogens with zero attached hydrogens (tertiary/aromatic N) is 1. The summed E-state index contributed by atoms with van der Waals surface area (Å²) in [6.07, 6.45) is 1.87. The molecule has 3 rings (SSSR count). The molecule has 1 fully saturated rings. The van der Waals surface area contributed by atoms with E-state index in [4.69, 9.17) is 5.73 Å². The molecule has 2 aromatic rings. The van der Waals surface area contributed by atoms with E-state index < -0.39 is 5.91 Å². The number of hydrogen-bond donors (Lipinski definition) is 1. The average Bonchev–Trinajstić information content (AvgIpc) is 2.52. The monoisotopic (exact) mass is 294 g/mol. The Morgan fingerprint density at radius 2 is 1.77 bits per heavy atom. The molecule has 112 valence electrons. The number of hydrogen-bond acceptors (Lipinski definition) is 2. The highest BCUT2D eigenvalue weighted by Gasteiger charge is 2.32. The molecule has 1 aliphatic rings. The van der Waals surface area contributed by atoms with Crippen LogP contribution in [0, 0.1) is 0 Å². The summed E-state index contributed by atoms with van der Waals surface area (Å²) in [4.78, 5) is 25.7. The first-order valence-corrected chi connectivity index (χ1v) is 7.40. The van der Waals surface area contributed by atoms with Crippen molar-refractivity contribution in [3.63, 3.8) is 0 Å². The van der Waals surface area contributed by atoms with Crippen LogP contribution in [0.3, 0.4) is 0 Å². The zero-order valence-electron chi connectivity index (χ0n) is 12.2. The van der Waals surface area contributed by atoms with Crippen LogP contribution in [0.5, 0.6) is 0 Å². The quantitative estimate of drug-likeness (QED) is 0.940. The lowest BCUT2D eigenvalue weighted by molar-refractivity contribution is 0.0464. The Labute approximate surface area is 129 Å². The molecule has 22 heavy (non-hydrogen) atoms. The van der Waals surface area contributed by atoms with Crippen LogP contribution in [0.15, 0.2) is 54.6 Å². The van der Waals surface area contributed by atoms with Gasteiger partial charge >= 0.3 is 0 Å². The molecule has 1 atom stereocenters. The lowest BCUT2D eigenvalue weighted by Crippen LogP contribution is -2.52. The highest BCUT2D eigenvalue weighted by atomic mass is 16.2. The van der Waals surface area contributed by atoms with Gasteiger partial charge in [-0.1, -0.05) is 36.4 Å². The fourth-order valence-corrected chi connectivity index (χ4v) is 2.78. The van der Waals surface area contributed by atoms with Crippen LogP contribution in [0.1, 0.15) is 32.7 Å². The molecule has 1 unspecified atom stereocenters. The number of carbonyl (C=O) groups is 2. The number of carbonyl (C=O) groups excluding carboxylic acids is 2. The Balaban J connectivity index is 1.72. The standard InChI is InChI=1S/C18H18N2O2/c19-17(21)14-7-4-8-15(12-14)18(22)20-10-9-16(20)11-13-5-2-1-3-6-13/h1-8,12,16H,9-11H2,(H2,19,21). The van der Waals surface area contributed by atoms with Crippen molar-refractivity contribution in [2.75, 3.05) is 6.54 Å². The van der Waals surface area contributed by atoms with E-state index in [1.165, 1.54) is 5.56 Å². The minimum atomic E-state index is -0.515. The largest absolute Gasteiger partial charge is 0.366 e. The van der Waals surface area contributed by atoms with Gasteiger partial charge in [-0.3, -0.25) is 9.59 Å². The number of amides is 2. The van der Waals surface area contributed by atoms with E-state index in [2.05, 4.69) is 12.1 Å². The fourth-order valence-electron chi connectivity index (χ4n) is 2.78. The summed E-state index contributed by atoms with van der Waals surface area (Å²) in [5, 5.41) is 0. The van der Waals surface area contributed by atoms with Crippen LogP contribution in [-0.4, -0.2) is 29.3 Å². The third kappa shape index (κ3) is 2.86. The molecule has 0 radical (unpaired) electrons. The van der Waals surface area contributed by atoms with Crippen molar-refractivity contribution in [2.45, 2.75) is 18.9 Å². The van der Waals surface area contributed by atoms with Gasteiger partial charge in [-0.25, -0.2) is 0 Å². The van der Waals surface area contributed by atoms with Crippen LogP contribution in [0.4, 0.5) is 0 Å². The average molecular weight is 294 g/mol. The molecule has 0 aromatic heterocycles. The molecule has 4 nitrogen and oxygen atoms in total. The first-order chi connectivity index (χ1) is 10.6. The van der Waals surface area contributed by atoms with Gasteiger partial charge in [0.15, 0.2) is 0 Å². The maximum Gasteiger partial charge on any atom is 0.254 e. The predicted molar refractivity (Wildman–Crippen MR) is 84.5 cm³/mol. The normalized spacial score (nSPS) is 16.9. The minimum absolute atomic E-state index is 0.0321. The van der Waals surface area contributed by atoms with Gasteiger partial charge < -0.3 is 10.6 Å². The van der Waals surface area contributed by atoms with Crippen LogP contribution >= 0.6 is 0 Å². The Morgan fingerprint density at radius 3 is 2.41 bits per heavy atom. The fraction of sp³-hybridized carbons (Fsp3) is 0.222.